The first-order chi connectivity index (χ1) is 9.99. The van der Waals surface area contributed by atoms with Crippen LogP contribution in [0.5, 0.6) is 0 Å². The number of halogens is 4. The summed E-state index contributed by atoms with van der Waals surface area (Å²) in [5, 5.41) is 4.36. The molecule has 3 rings (SSSR count). The summed E-state index contributed by atoms with van der Waals surface area (Å²) in [5.74, 6) is -2.94. The van der Waals surface area contributed by atoms with Crippen molar-refractivity contribution in [1.82, 2.24) is 19.6 Å². The van der Waals surface area contributed by atoms with Crippen LogP contribution in [-0.4, -0.2) is 25.8 Å². The van der Waals surface area contributed by atoms with E-state index in [2.05, 4.69) is 15.1 Å². The van der Waals surface area contributed by atoms with E-state index in [-0.39, 0.29) is 16.5 Å². The fourth-order valence-electron chi connectivity index (χ4n) is 1.84. The molecule has 0 saturated carbocycles. The molecule has 0 unspecified atom stereocenters. The maximum Gasteiger partial charge on any atom is 0.254 e. The molecule has 0 fully saturated rings. The molecule has 3 aromatic rings. The van der Waals surface area contributed by atoms with Crippen molar-refractivity contribution in [2.75, 3.05) is 6.26 Å². The third-order valence-corrected chi connectivity index (χ3v) is 3.55. The van der Waals surface area contributed by atoms with Crippen LogP contribution < -0.4 is 0 Å². The zero-order valence-corrected chi connectivity index (χ0v) is 12.0. The Morgan fingerprint density at radius 1 is 1.14 bits per heavy atom. The van der Waals surface area contributed by atoms with Gasteiger partial charge < -0.3 is 0 Å². The van der Waals surface area contributed by atoms with Crippen molar-refractivity contribution >= 4 is 29.1 Å². The molecule has 0 N–H and O–H groups in total. The van der Waals surface area contributed by atoms with Crippen LogP contribution in [0.4, 0.5) is 13.2 Å². The van der Waals surface area contributed by atoms with Crippen LogP contribution in [-0.2, 0) is 0 Å². The maximum atomic E-state index is 13.8. The average Bonchev–Trinajstić information content (AvgIpc) is 2.79. The minimum Gasteiger partial charge on any atom is -0.207 e. The van der Waals surface area contributed by atoms with Crippen LogP contribution in [0.15, 0.2) is 23.5 Å². The highest BCUT2D eigenvalue weighted by atomic mass is 35.5. The zero-order valence-electron chi connectivity index (χ0n) is 10.4. The number of fused-ring (bicyclic) bond motifs is 1. The van der Waals surface area contributed by atoms with Crippen LogP contribution in [0, 0.1) is 17.5 Å². The van der Waals surface area contributed by atoms with Crippen LogP contribution in [0.3, 0.4) is 0 Å². The van der Waals surface area contributed by atoms with Crippen LogP contribution in [0.25, 0.3) is 16.9 Å². The van der Waals surface area contributed by atoms with Crippen molar-refractivity contribution in [2.24, 2.45) is 0 Å². The Morgan fingerprint density at radius 2 is 1.81 bits per heavy atom. The predicted octanol–water partition coefficient (Wildman–Crippen LogP) is 3.58. The van der Waals surface area contributed by atoms with Crippen LogP contribution in [0.1, 0.15) is 0 Å². The number of benzene rings is 1. The van der Waals surface area contributed by atoms with Crippen molar-refractivity contribution in [2.45, 2.75) is 5.16 Å². The normalized spacial score (nSPS) is 11.3. The fourth-order valence-corrected chi connectivity index (χ4v) is 2.40. The van der Waals surface area contributed by atoms with Gasteiger partial charge in [0.15, 0.2) is 0 Å². The van der Waals surface area contributed by atoms with Crippen molar-refractivity contribution < 1.29 is 13.2 Å². The van der Waals surface area contributed by atoms with E-state index in [1.807, 2.05) is 0 Å². The molecule has 108 valence electrons. The molecular formula is C12H6ClF3N4S. The van der Waals surface area contributed by atoms with Gasteiger partial charge in [0.1, 0.15) is 22.6 Å². The molecule has 0 spiro atoms. The smallest absolute Gasteiger partial charge is 0.207 e. The molecule has 2 heterocycles. The van der Waals surface area contributed by atoms with Gasteiger partial charge in [-0.05, 0) is 6.26 Å². The van der Waals surface area contributed by atoms with E-state index in [1.165, 1.54) is 22.5 Å². The second-order valence-electron chi connectivity index (χ2n) is 4.03. The average molecular weight is 331 g/mol. The SMILES string of the molecule is CSc1nc2nc(Cl)c(-c3c(F)cc(F)cc3F)cn2n1. The lowest BCUT2D eigenvalue weighted by atomic mass is 10.1. The lowest BCUT2D eigenvalue weighted by Crippen LogP contribution is -1.98. The number of hydrogen-bond donors (Lipinski definition) is 0. The summed E-state index contributed by atoms with van der Waals surface area (Å²) >= 11 is 7.23. The molecule has 4 nitrogen and oxygen atoms in total. The second kappa shape index (κ2) is 5.19. The van der Waals surface area contributed by atoms with E-state index in [1.54, 1.807) is 6.26 Å². The molecule has 0 radical (unpaired) electrons. The molecule has 0 amide bonds. The number of rotatable bonds is 2. The van der Waals surface area contributed by atoms with Crippen molar-refractivity contribution in [1.29, 1.82) is 0 Å². The van der Waals surface area contributed by atoms with E-state index in [0.29, 0.717) is 17.3 Å². The van der Waals surface area contributed by atoms with Gasteiger partial charge in [0.2, 0.25) is 5.16 Å². The molecule has 0 bridgehead atoms. The molecule has 0 atom stereocenters. The van der Waals surface area contributed by atoms with Gasteiger partial charge in [-0.2, -0.15) is 9.97 Å². The van der Waals surface area contributed by atoms with Gasteiger partial charge in [0.05, 0.1) is 5.56 Å². The summed E-state index contributed by atoms with van der Waals surface area (Å²) in [7, 11) is 0. The first kappa shape index (κ1) is 14.2. The molecular weight excluding hydrogens is 325 g/mol. The fraction of sp³-hybridized carbons (Fsp3) is 0.0833. The van der Waals surface area contributed by atoms with E-state index in [0.717, 1.165) is 0 Å². The highest BCUT2D eigenvalue weighted by Crippen LogP contribution is 2.31. The summed E-state index contributed by atoms with van der Waals surface area (Å²) < 4.78 is 41.9. The topological polar surface area (TPSA) is 43.1 Å². The van der Waals surface area contributed by atoms with E-state index in [9.17, 15) is 13.2 Å². The molecule has 9 heteroatoms. The van der Waals surface area contributed by atoms with Crippen molar-refractivity contribution in [3.8, 4) is 11.1 Å². The summed E-state index contributed by atoms with van der Waals surface area (Å²) in [6, 6.07) is 1.15. The monoisotopic (exact) mass is 330 g/mol. The Balaban J connectivity index is 2.27. The summed E-state index contributed by atoms with van der Waals surface area (Å²) in [4.78, 5) is 8.00. The van der Waals surface area contributed by atoms with E-state index < -0.39 is 23.0 Å². The molecule has 2 aromatic heterocycles. The third-order valence-electron chi connectivity index (χ3n) is 2.72. The predicted molar refractivity (Wildman–Crippen MR) is 72.9 cm³/mol. The van der Waals surface area contributed by atoms with Gasteiger partial charge in [-0.25, -0.2) is 17.7 Å². The minimum absolute atomic E-state index is 0.0308. The number of nitrogens with zero attached hydrogens (tertiary/aromatic N) is 4. The largest absolute Gasteiger partial charge is 0.254 e. The quantitative estimate of drug-likeness (QED) is 0.532. The molecule has 0 saturated heterocycles. The molecule has 0 aliphatic heterocycles. The number of hydrogen-bond acceptors (Lipinski definition) is 4. The first-order valence-corrected chi connectivity index (χ1v) is 7.21. The zero-order chi connectivity index (χ0) is 15.1. The van der Waals surface area contributed by atoms with Crippen LogP contribution in [0.2, 0.25) is 5.15 Å². The van der Waals surface area contributed by atoms with Gasteiger partial charge in [-0.15, -0.1) is 5.10 Å². The Hall–Kier alpha value is -1.80. The van der Waals surface area contributed by atoms with Crippen molar-refractivity contribution in [3.63, 3.8) is 0 Å². The Morgan fingerprint density at radius 3 is 2.43 bits per heavy atom. The van der Waals surface area contributed by atoms with Gasteiger partial charge >= 0.3 is 0 Å². The summed E-state index contributed by atoms with van der Waals surface area (Å²) in [6.45, 7) is 0. The third kappa shape index (κ3) is 2.44. The van der Waals surface area contributed by atoms with Gasteiger partial charge in [0, 0.05) is 23.9 Å². The van der Waals surface area contributed by atoms with Crippen molar-refractivity contribution in [3.05, 3.63) is 40.9 Å². The number of thioether (sulfide) groups is 1. The lowest BCUT2D eigenvalue weighted by Gasteiger charge is -2.07. The van der Waals surface area contributed by atoms with Crippen LogP contribution >= 0.6 is 23.4 Å². The molecule has 1 aromatic carbocycles. The standard InChI is InChI=1S/C12H6ClF3N4S/c1-21-12-18-11-17-10(13)6(4-20(11)19-12)9-7(15)2-5(14)3-8(9)16/h2-4H,1H3. The Bertz CT molecular complexity index is 829. The number of aromatic nitrogens is 4. The molecule has 0 aliphatic rings. The minimum atomic E-state index is -1.07. The van der Waals surface area contributed by atoms with E-state index >= 15 is 0 Å². The first-order valence-electron chi connectivity index (χ1n) is 5.61. The van der Waals surface area contributed by atoms with Gasteiger partial charge in [-0.1, -0.05) is 23.4 Å². The summed E-state index contributed by atoms with van der Waals surface area (Å²) in [5.41, 5.74) is -0.492. The lowest BCUT2D eigenvalue weighted by molar-refractivity contribution is 0.548. The molecule has 0 aliphatic carbocycles. The van der Waals surface area contributed by atoms with E-state index in [4.69, 9.17) is 11.6 Å². The molecule has 21 heavy (non-hydrogen) atoms. The highest BCUT2D eigenvalue weighted by molar-refractivity contribution is 7.98. The van der Waals surface area contributed by atoms with Gasteiger partial charge in [-0.3, -0.25) is 0 Å². The Labute approximate surface area is 126 Å². The second-order valence-corrected chi connectivity index (χ2v) is 5.16. The maximum absolute atomic E-state index is 13.8. The van der Waals surface area contributed by atoms with Gasteiger partial charge in [0.25, 0.3) is 5.78 Å². The highest BCUT2D eigenvalue weighted by Gasteiger charge is 2.19. The Kier molecular flexibility index (Phi) is 3.50. The summed E-state index contributed by atoms with van der Waals surface area (Å²) in [6.07, 6.45) is 3.08.